The molecule has 0 aliphatic carbocycles. The molecule has 0 aliphatic rings. The zero-order valence-corrected chi connectivity index (χ0v) is 12.2. The van der Waals surface area contributed by atoms with Crippen molar-refractivity contribution in [2.75, 3.05) is 14.2 Å². The molecule has 0 heterocycles. The number of ether oxygens (including phenoxy) is 1. The van der Waals surface area contributed by atoms with E-state index in [-0.39, 0.29) is 5.56 Å². The Hall–Kier alpha value is -2.33. The summed E-state index contributed by atoms with van der Waals surface area (Å²) in [5, 5.41) is 9.07. The normalized spacial score (nSPS) is 10.6. The fourth-order valence-corrected chi connectivity index (χ4v) is 2.27. The van der Waals surface area contributed by atoms with Crippen molar-refractivity contribution in [2.45, 2.75) is 13.1 Å². The second kappa shape index (κ2) is 6.90. The number of aromatic carboxylic acids is 1. The van der Waals surface area contributed by atoms with Crippen LogP contribution in [-0.4, -0.2) is 30.1 Å². The van der Waals surface area contributed by atoms with Gasteiger partial charge in [-0.3, -0.25) is 4.90 Å². The van der Waals surface area contributed by atoms with Crippen molar-refractivity contribution < 1.29 is 14.6 Å². The minimum absolute atomic E-state index is 0.187. The predicted octanol–water partition coefficient (Wildman–Crippen LogP) is 3.03. The molecule has 0 radical (unpaired) electrons. The number of carbonyl (C=O) groups is 1. The summed E-state index contributed by atoms with van der Waals surface area (Å²) in [5.41, 5.74) is 2.45. The molecule has 4 heteroatoms. The van der Waals surface area contributed by atoms with Crippen molar-refractivity contribution >= 4 is 5.97 Å². The molecule has 0 saturated carbocycles. The summed E-state index contributed by atoms with van der Waals surface area (Å²) in [6.07, 6.45) is 0. The van der Waals surface area contributed by atoms with Crippen LogP contribution in [0.1, 0.15) is 21.5 Å². The van der Waals surface area contributed by atoms with Crippen LogP contribution in [0.2, 0.25) is 0 Å². The topological polar surface area (TPSA) is 49.8 Å². The van der Waals surface area contributed by atoms with Gasteiger partial charge < -0.3 is 9.84 Å². The van der Waals surface area contributed by atoms with Gasteiger partial charge in [0.25, 0.3) is 0 Å². The molecule has 2 aromatic rings. The quantitative estimate of drug-likeness (QED) is 0.886. The fourth-order valence-electron chi connectivity index (χ4n) is 2.27. The van der Waals surface area contributed by atoms with Crippen LogP contribution in [0.5, 0.6) is 5.75 Å². The summed E-state index contributed by atoms with van der Waals surface area (Å²) in [6.45, 7) is 1.56. The molecule has 0 aromatic heterocycles. The first-order valence-corrected chi connectivity index (χ1v) is 6.73. The summed E-state index contributed by atoms with van der Waals surface area (Å²) < 4.78 is 5.15. The molecule has 0 saturated heterocycles. The number of hydrogen-bond acceptors (Lipinski definition) is 3. The third kappa shape index (κ3) is 4.07. The van der Waals surface area contributed by atoms with Gasteiger partial charge in [-0.1, -0.05) is 36.4 Å². The van der Waals surface area contributed by atoms with E-state index in [0.717, 1.165) is 18.7 Å². The second-order valence-electron chi connectivity index (χ2n) is 5.00. The van der Waals surface area contributed by atoms with Crippen molar-refractivity contribution in [1.82, 2.24) is 4.90 Å². The maximum atomic E-state index is 11.1. The van der Waals surface area contributed by atoms with Crippen LogP contribution in [0, 0.1) is 0 Å². The zero-order valence-electron chi connectivity index (χ0n) is 12.2. The number of carboxylic acids is 1. The highest BCUT2D eigenvalue weighted by Gasteiger charge is 2.12. The van der Waals surface area contributed by atoms with Crippen molar-refractivity contribution in [3.63, 3.8) is 0 Å². The molecule has 1 N–H and O–H groups in total. The highest BCUT2D eigenvalue weighted by molar-refractivity contribution is 5.90. The summed E-state index contributed by atoms with van der Waals surface area (Å²) in [4.78, 5) is 13.2. The van der Waals surface area contributed by atoms with Crippen molar-refractivity contribution in [3.05, 3.63) is 65.2 Å². The number of benzene rings is 2. The van der Waals surface area contributed by atoms with Gasteiger partial charge in [0.1, 0.15) is 11.3 Å². The summed E-state index contributed by atoms with van der Waals surface area (Å²) >= 11 is 0. The van der Waals surface area contributed by atoms with Crippen LogP contribution in [0.4, 0.5) is 0 Å². The molecule has 2 aromatic carbocycles. The van der Waals surface area contributed by atoms with E-state index < -0.39 is 5.97 Å². The molecule has 0 aliphatic heterocycles. The number of rotatable bonds is 6. The van der Waals surface area contributed by atoms with E-state index >= 15 is 0 Å². The van der Waals surface area contributed by atoms with Crippen LogP contribution in [0.3, 0.4) is 0 Å². The van der Waals surface area contributed by atoms with Crippen LogP contribution < -0.4 is 4.74 Å². The Labute approximate surface area is 124 Å². The average Bonchev–Trinajstić information content (AvgIpc) is 2.47. The molecular formula is C17H19NO3. The first kappa shape index (κ1) is 15.1. The lowest BCUT2D eigenvalue weighted by Crippen LogP contribution is -2.17. The number of methoxy groups -OCH3 is 1. The Bertz CT molecular complexity index is 611. The Morgan fingerprint density at radius 1 is 1.10 bits per heavy atom. The molecule has 21 heavy (non-hydrogen) atoms. The number of carboxylic acid groups (broad SMARTS) is 1. The van der Waals surface area contributed by atoms with Crippen LogP contribution in [0.25, 0.3) is 0 Å². The van der Waals surface area contributed by atoms with Gasteiger partial charge in [-0.15, -0.1) is 0 Å². The smallest absolute Gasteiger partial charge is 0.339 e. The molecule has 0 bridgehead atoms. The van der Waals surface area contributed by atoms with E-state index in [0.29, 0.717) is 5.75 Å². The molecule has 2 rings (SSSR count). The van der Waals surface area contributed by atoms with E-state index in [9.17, 15) is 4.79 Å². The number of hydrogen-bond donors (Lipinski definition) is 1. The summed E-state index contributed by atoms with van der Waals surface area (Å²) in [7, 11) is 3.52. The molecule has 0 amide bonds. The van der Waals surface area contributed by atoms with Crippen molar-refractivity contribution in [2.24, 2.45) is 0 Å². The Morgan fingerprint density at radius 3 is 2.38 bits per heavy atom. The van der Waals surface area contributed by atoms with E-state index in [1.807, 2.05) is 31.3 Å². The molecular weight excluding hydrogens is 266 g/mol. The fraction of sp³-hybridized carbons (Fsp3) is 0.235. The van der Waals surface area contributed by atoms with Crippen LogP contribution >= 0.6 is 0 Å². The zero-order chi connectivity index (χ0) is 15.2. The maximum Gasteiger partial charge on any atom is 0.339 e. The maximum absolute atomic E-state index is 11.1. The van der Waals surface area contributed by atoms with E-state index in [4.69, 9.17) is 9.84 Å². The van der Waals surface area contributed by atoms with Crippen LogP contribution in [0.15, 0.2) is 48.5 Å². The Balaban J connectivity index is 2.07. The SMILES string of the molecule is COc1cc(CN(C)Cc2ccccc2)ccc1C(=O)O. The van der Waals surface area contributed by atoms with Gasteiger partial charge in [-0.2, -0.15) is 0 Å². The lowest BCUT2D eigenvalue weighted by molar-refractivity contribution is 0.0693. The third-order valence-corrected chi connectivity index (χ3v) is 3.24. The van der Waals surface area contributed by atoms with E-state index in [1.54, 1.807) is 12.1 Å². The van der Waals surface area contributed by atoms with Crippen molar-refractivity contribution in [1.29, 1.82) is 0 Å². The lowest BCUT2D eigenvalue weighted by Gasteiger charge is -2.17. The van der Waals surface area contributed by atoms with Gasteiger partial charge in [0, 0.05) is 13.1 Å². The van der Waals surface area contributed by atoms with Crippen LogP contribution in [-0.2, 0) is 13.1 Å². The highest BCUT2D eigenvalue weighted by atomic mass is 16.5. The second-order valence-corrected chi connectivity index (χ2v) is 5.00. The lowest BCUT2D eigenvalue weighted by atomic mass is 10.1. The first-order valence-electron chi connectivity index (χ1n) is 6.73. The molecule has 0 fully saturated rings. The average molecular weight is 285 g/mol. The van der Waals surface area contributed by atoms with Crippen molar-refractivity contribution in [3.8, 4) is 5.75 Å². The minimum atomic E-state index is -0.976. The molecule has 110 valence electrons. The van der Waals surface area contributed by atoms with Gasteiger partial charge >= 0.3 is 5.97 Å². The molecule has 4 nitrogen and oxygen atoms in total. The molecule has 0 spiro atoms. The Kier molecular flexibility index (Phi) is 4.95. The van der Waals surface area contributed by atoms with Gasteiger partial charge in [0.05, 0.1) is 7.11 Å². The standard InChI is InChI=1S/C17H19NO3/c1-18(11-13-6-4-3-5-7-13)12-14-8-9-15(17(19)20)16(10-14)21-2/h3-10H,11-12H2,1-2H3,(H,19,20). The van der Waals surface area contributed by atoms with Gasteiger partial charge in [-0.25, -0.2) is 4.79 Å². The van der Waals surface area contributed by atoms with E-state index in [2.05, 4.69) is 17.0 Å². The summed E-state index contributed by atoms with van der Waals surface area (Å²) in [6, 6.07) is 15.4. The molecule has 0 unspecified atom stereocenters. The van der Waals surface area contributed by atoms with Gasteiger partial charge in [0.15, 0.2) is 0 Å². The number of nitrogens with zero attached hydrogens (tertiary/aromatic N) is 1. The minimum Gasteiger partial charge on any atom is -0.496 e. The molecule has 0 atom stereocenters. The third-order valence-electron chi connectivity index (χ3n) is 3.24. The predicted molar refractivity (Wildman–Crippen MR) is 81.6 cm³/mol. The van der Waals surface area contributed by atoms with Gasteiger partial charge in [-0.05, 0) is 30.3 Å². The Morgan fingerprint density at radius 2 is 1.76 bits per heavy atom. The van der Waals surface area contributed by atoms with Gasteiger partial charge in [0.2, 0.25) is 0 Å². The highest BCUT2D eigenvalue weighted by Crippen LogP contribution is 2.21. The summed E-state index contributed by atoms with van der Waals surface area (Å²) in [5.74, 6) is -0.579. The monoisotopic (exact) mass is 285 g/mol. The first-order chi connectivity index (χ1) is 10.1. The largest absolute Gasteiger partial charge is 0.496 e. The van der Waals surface area contributed by atoms with E-state index in [1.165, 1.54) is 12.7 Å².